The van der Waals surface area contributed by atoms with E-state index < -0.39 is 0 Å². The number of benzene rings is 1. The minimum atomic E-state index is 0.324. The monoisotopic (exact) mass is 354 g/mol. The molecule has 1 amide bonds. The van der Waals surface area contributed by atoms with Crippen molar-refractivity contribution in [2.45, 2.75) is 45.2 Å². The van der Waals surface area contributed by atoms with Gasteiger partial charge in [0.2, 0.25) is 11.8 Å². The summed E-state index contributed by atoms with van der Waals surface area (Å²) in [6.45, 7) is 5.36. The molecule has 6 nitrogen and oxygen atoms in total. The fourth-order valence-electron chi connectivity index (χ4n) is 4.36. The first kappa shape index (κ1) is 17.2. The summed E-state index contributed by atoms with van der Waals surface area (Å²) in [6.07, 6.45) is 3.63. The lowest BCUT2D eigenvalue weighted by atomic mass is 9.83. The number of aryl methyl sites for hydroxylation is 1. The van der Waals surface area contributed by atoms with E-state index in [1.165, 1.54) is 5.56 Å². The van der Waals surface area contributed by atoms with E-state index >= 15 is 0 Å². The third kappa shape index (κ3) is 3.80. The summed E-state index contributed by atoms with van der Waals surface area (Å²) in [6, 6.07) is 10.8. The van der Waals surface area contributed by atoms with Gasteiger partial charge in [0.15, 0.2) is 5.82 Å². The Morgan fingerprint density at radius 1 is 1.23 bits per heavy atom. The van der Waals surface area contributed by atoms with Crippen molar-refractivity contribution in [1.82, 2.24) is 19.9 Å². The molecule has 2 aliphatic rings. The van der Waals surface area contributed by atoms with Crippen molar-refractivity contribution in [1.29, 1.82) is 0 Å². The summed E-state index contributed by atoms with van der Waals surface area (Å²) in [5.74, 6) is 2.24. The molecule has 4 rings (SSSR count). The molecule has 0 unspecified atom stereocenters. The minimum absolute atomic E-state index is 0.324. The van der Waals surface area contributed by atoms with E-state index in [2.05, 4.69) is 44.2 Å². The molecule has 138 valence electrons. The number of amides is 1. The number of rotatable bonds is 5. The van der Waals surface area contributed by atoms with Gasteiger partial charge in [-0.25, -0.2) is 0 Å². The average Bonchev–Trinajstić information content (AvgIpc) is 3.06. The van der Waals surface area contributed by atoms with Gasteiger partial charge in [0.1, 0.15) is 0 Å². The Bertz CT molecular complexity index is 745. The van der Waals surface area contributed by atoms with Gasteiger partial charge in [-0.15, -0.1) is 0 Å². The van der Waals surface area contributed by atoms with Crippen LogP contribution in [0.25, 0.3) is 0 Å². The third-order valence-electron chi connectivity index (χ3n) is 5.65. The van der Waals surface area contributed by atoms with E-state index in [1.807, 2.05) is 13.0 Å². The molecule has 0 radical (unpaired) electrons. The van der Waals surface area contributed by atoms with Crippen LogP contribution in [0.1, 0.15) is 36.5 Å². The summed E-state index contributed by atoms with van der Waals surface area (Å²) in [7, 11) is 0. The maximum absolute atomic E-state index is 12.5. The standard InChI is InChI=1S/C20H26N4O2/c1-15-21-19(22-26-15)14-23-11-10-18-17(13-23)7-8-20(25)24(18)12-9-16-5-3-2-4-6-16/h2-6,17-18H,7-14H2,1H3/t17-,18+/m0/s1. The van der Waals surface area contributed by atoms with Crippen molar-refractivity contribution >= 4 is 5.91 Å². The van der Waals surface area contributed by atoms with Crippen molar-refractivity contribution in [3.8, 4) is 0 Å². The Hall–Kier alpha value is -2.21. The second kappa shape index (κ2) is 7.58. The van der Waals surface area contributed by atoms with Gasteiger partial charge in [0.05, 0.1) is 6.54 Å². The van der Waals surface area contributed by atoms with Crippen LogP contribution in [-0.4, -0.2) is 51.5 Å². The smallest absolute Gasteiger partial charge is 0.223 e. The van der Waals surface area contributed by atoms with E-state index in [1.54, 1.807) is 0 Å². The van der Waals surface area contributed by atoms with Crippen molar-refractivity contribution in [3.63, 3.8) is 0 Å². The first-order chi connectivity index (χ1) is 12.7. The first-order valence-electron chi connectivity index (χ1n) is 9.54. The summed E-state index contributed by atoms with van der Waals surface area (Å²) >= 11 is 0. The highest BCUT2D eigenvalue weighted by molar-refractivity contribution is 5.77. The zero-order valence-corrected chi connectivity index (χ0v) is 15.3. The molecule has 0 saturated carbocycles. The molecule has 6 heteroatoms. The SMILES string of the molecule is Cc1nc(CN2CC[C@@H]3[C@@H](CCC(=O)N3CCc3ccccc3)C2)no1. The van der Waals surface area contributed by atoms with Gasteiger partial charge in [0, 0.05) is 39.0 Å². The molecule has 1 aromatic carbocycles. The van der Waals surface area contributed by atoms with Gasteiger partial charge in [0.25, 0.3) is 0 Å². The van der Waals surface area contributed by atoms with Crippen LogP contribution in [0, 0.1) is 12.8 Å². The summed E-state index contributed by atoms with van der Waals surface area (Å²) in [4.78, 5) is 21.4. The number of hydrogen-bond donors (Lipinski definition) is 0. The molecule has 0 aliphatic carbocycles. The second-order valence-corrected chi connectivity index (χ2v) is 7.44. The van der Waals surface area contributed by atoms with Gasteiger partial charge in [-0.2, -0.15) is 4.98 Å². The number of aromatic nitrogens is 2. The Labute approximate surface area is 154 Å². The number of hydrogen-bond acceptors (Lipinski definition) is 5. The quantitative estimate of drug-likeness (QED) is 0.825. The summed E-state index contributed by atoms with van der Waals surface area (Å²) in [5.41, 5.74) is 1.30. The number of likely N-dealkylation sites (tertiary alicyclic amines) is 2. The van der Waals surface area contributed by atoms with E-state index in [0.717, 1.165) is 51.3 Å². The van der Waals surface area contributed by atoms with Crippen molar-refractivity contribution in [2.24, 2.45) is 5.92 Å². The lowest BCUT2D eigenvalue weighted by Crippen LogP contribution is -2.56. The maximum atomic E-state index is 12.5. The molecule has 2 saturated heterocycles. The molecule has 0 spiro atoms. The van der Waals surface area contributed by atoms with Gasteiger partial charge in [-0.05, 0) is 30.7 Å². The minimum Gasteiger partial charge on any atom is -0.340 e. The van der Waals surface area contributed by atoms with Gasteiger partial charge in [-0.1, -0.05) is 35.5 Å². The maximum Gasteiger partial charge on any atom is 0.223 e. The number of nitrogens with zero attached hydrogens (tertiary/aromatic N) is 4. The van der Waals surface area contributed by atoms with Gasteiger partial charge < -0.3 is 9.42 Å². The van der Waals surface area contributed by atoms with Gasteiger partial charge in [-0.3, -0.25) is 9.69 Å². The number of piperidine rings is 2. The van der Waals surface area contributed by atoms with E-state index in [0.29, 0.717) is 30.2 Å². The lowest BCUT2D eigenvalue weighted by molar-refractivity contribution is -0.141. The Morgan fingerprint density at radius 3 is 2.85 bits per heavy atom. The van der Waals surface area contributed by atoms with Crippen molar-refractivity contribution in [2.75, 3.05) is 19.6 Å². The van der Waals surface area contributed by atoms with Crippen LogP contribution in [0.5, 0.6) is 0 Å². The van der Waals surface area contributed by atoms with E-state index in [9.17, 15) is 4.79 Å². The Balaban J connectivity index is 1.37. The fraction of sp³-hybridized carbons (Fsp3) is 0.550. The Kier molecular flexibility index (Phi) is 5.02. The summed E-state index contributed by atoms with van der Waals surface area (Å²) in [5, 5.41) is 4.01. The molecule has 2 aliphatic heterocycles. The molecule has 26 heavy (non-hydrogen) atoms. The Morgan fingerprint density at radius 2 is 2.08 bits per heavy atom. The van der Waals surface area contributed by atoms with Crippen LogP contribution in [0.3, 0.4) is 0 Å². The highest BCUT2D eigenvalue weighted by Gasteiger charge is 2.39. The van der Waals surface area contributed by atoms with Crippen LogP contribution in [0.4, 0.5) is 0 Å². The predicted octanol–water partition coefficient (Wildman–Crippen LogP) is 2.43. The van der Waals surface area contributed by atoms with E-state index in [-0.39, 0.29) is 0 Å². The third-order valence-corrected chi connectivity index (χ3v) is 5.65. The van der Waals surface area contributed by atoms with E-state index in [4.69, 9.17) is 4.52 Å². The largest absolute Gasteiger partial charge is 0.340 e. The zero-order valence-electron chi connectivity index (χ0n) is 15.3. The van der Waals surface area contributed by atoms with Crippen LogP contribution in [-0.2, 0) is 17.8 Å². The molecule has 1 aromatic heterocycles. The van der Waals surface area contributed by atoms with Gasteiger partial charge >= 0.3 is 0 Å². The van der Waals surface area contributed by atoms with Crippen LogP contribution in [0.2, 0.25) is 0 Å². The summed E-state index contributed by atoms with van der Waals surface area (Å²) < 4.78 is 5.08. The van der Waals surface area contributed by atoms with Crippen molar-refractivity contribution in [3.05, 3.63) is 47.6 Å². The predicted molar refractivity (Wildman–Crippen MR) is 97.3 cm³/mol. The molecule has 2 aromatic rings. The van der Waals surface area contributed by atoms with Crippen LogP contribution >= 0.6 is 0 Å². The molecule has 0 bridgehead atoms. The average molecular weight is 354 g/mol. The molecular weight excluding hydrogens is 328 g/mol. The fourth-order valence-corrected chi connectivity index (χ4v) is 4.36. The van der Waals surface area contributed by atoms with Crippen LogP contribution < -0.4 is 0 Å². The van der Waals surface area contributed by atoms with Crippen molar-refractivity contribution < 1.29 is 9.32 Å². The highest BCUT2D eigenvalue weighted by atomic mass is 16.5. The van der Waals surface area contributed by atoms with Crippen LogP contribution in [0.15, 0.2) is 34.9 Å². The molecule has 2 fully saturated rings. The number of carbonyl (C=O) groups is 1. The molecule has 0 N–H and O–H groups in total. The number of fused-ring (bicyclic) bond motifs is 1. The second-order valence-electron chi connectivity index (χ2n) is 7.44. The topological polar surface area (TPSA) is 62.5 Å². The zero-order chi connectivity index (χ0) is 17.9. The lowest BCUT2D eigenvalue weighted by Gasteiger charge is -2.47. The highest BCUT2D eigenvalue weighted by Crippen LogP contribution is 2.31. The molecule has 3 heterocycles. The first-order valence-corrected chi connectivity index (χ1v) is 9.54. The molecule has 2 atom stereocenters. The normalized spacial score (nSPS) is 23.9. The molecular formula is C20H26N4O2. The number of carbonyl (C=O) groups excluding carboxylic acids is 1.